The van der Waals surface area contributed by atoms with E-state index in [0.717, 1.165) is 11.8 Å². The number of nitrogens with two attached hydrogens (primary N) is 1. The summed E-state index contributed by atoms with van der Waals surface area (Å²) in [7, 11) is 0. The maximum atomic E-state index is 12.9. The number of aliphatic imine (C=N–C) groups is 1. The van der Waals surface area contributed by atoms with Crippen LogP contribution < -0.4 is 5.73 Å². The van der Waals surface area contributed by atoms with Crippen LogP contribution >= 0.6 is 11.8 Å². The van der Waals surface area contributed by atoms with E-state index in [9.17, 15) is 28.5 Å². The number of halogens is 3. The number of thioether (sulfide) groups is 1. The van der Waals surface area contributed by atoms with E-state index in [1.807, 2.05) is 0 Å². The maximum Gasteiger partial charge on any atom is 0.419 e. The van der Waals surface area contributed by atoms with Crippen molar-refractivity contribution in [1.82, 2.24) is 0 Å². The monoisotopic (exact) mass is 344 g/mol. The molecule has 0 aliphatic carbocycles. The van der Waals surface area contributed by atoms with Gasteiger partial charge >= 0.3 is 6.18 Å². The van der Waals surface area contributed by atoms with Crippen molar-refractivity contribution in [2.24, 2.45) is 10.7 Å². The first-order chi connectivity index (χ1) is 10.0. The lowest BCUT2D eigenvalue weighted by molar-refractivity contribution is -0.316. The number of amidine groups is 1. The minimum Gasteiger partial charge on any atom is -0.390 e. The Morgan fingerprint density at radius 1 is 1.50 bits per heavy atom. The molecule has 1 rings (SSSR count). The van der Waals surface area contributed by atoms with Crippen molar-refractivity contribution in [3.63, 3.8) is 0 Å². The van der Waals surface area contributed by atoms with Crippen molar-refractivity contribution in [3.05, 3.63) is 12.7 Å². The van der Waals surface area contributed by atoms with Crippen molar-refractivity contribution in [3.8, 4) is 0 Å². The molecule has 5 atom stereocenters. The molecule has 0 saturated carbocycles. The predicted molar refractivity (Wildman–Crippen MR) is 76.2 cm³/mol. The van der Waals surface area contributed by atoms with Gasteiger partial charge in [0, 0.05) is 6.42 Å². The third kappa shape index (κ3) is 4.35. The van der Waals surface area contributed by atoms with Gasteiger partial charge in [0.15, 0.2) is 10.8 Å². The largest absolute Gasteiger partial charge is 0.419 e. The average Bonchev–Trinajstić information content (AvgIpc) is 2.38. The molecule has 128 valence electrons. The summed E-state index contributed by atoms with van der Waals surface area (Å²) in [5, 5.41) is 29.1. The zero-order chi connectivity index (χ0) is 17.1. The van der Waals surface area contributed by atoms with E-state index < -0.39 is 35.5 Å². The fourth-order valence-corrected chi connectivity index (χ4v) is 2.75. The van der Waals surface area contributed by atoms with E-state index in [1.165, 1.54) is 6.08 Å². The molecule has 5 N–H and O–H groups in total. The second-order valence-corrected chi connectivity index (χ2v) is 6.19. The predicted octanol–water partition coefficient (Wildman–Crippen LogP) is 0.370. The zero-order valence-electron chi connectivity index (χ0n) is 11.8. The van der Waals surface area contributed by atoms with E-state index in [4.69, 9.17) is 10.5 Å². The molecule has 22 heavy (non-hydrogen) atoms. The van der Waals surface area contributed by atoms with E-state index in [0.29, 0.717) is 6.92 Å². The fourth-order valence-electron chi connectivity index (χ4n) is 1.87. The SMILES string of the molecule is C=CCN=C(N)SC1CC(O)C(O)C(C(C)(O)C(F)(F)F)O1. The van der Waals surface area contributed by atoms with Crippen LogP contribution in [-0.2, 0) is 4.74 Å². The zero-order valence-corrected chi connectivity index (χ0v) is 12.6. The van der Waals surface area contributed by atoms with Gasteiger partial charge in [0.25, 0.3) is 0 Å². The highest BCUT2D eigenvalue weighted by Gasteiger charge is 2.60. The van der Waals surface area contributed by atoms with Crippen molar-refractivity contribution in [2.45, 2.75) is 48.9 Å². The summed E-state index contributed by atoms with van der Waals surface area (Å²) in [6.07, 6.45) is -9.11. The molecule has 0 amide bonds. The number of aliphatic hydroxyl groups excluding tert-OH is 2. The number of nitrogens with zero attached hydrogens (tertiary/aromatic N) is 1. The van der Waals surface area contributed by atoms with Crippen molar-refractivity contribution >= 4 is 16.9 Å². The van der Waals surface area contributed by atoms with Crippen LogP contribution in [0.5, 0.6) is 0 Å². The molecule has 5 unspecified atom stereocenters. The fraction of sp³-hybridized carbons (Fsp3) is 0.750. The summed E-state index contributed by atoms with van der Waals surface area (Å²) in [6.45, 7) is 4.14. The van der Waals surface area contributed by atoms with Crippen LogP contribution in [0.2, 0.25) is 0 Å². The Morgan fingerprint density at radius 2 is 2.09 bits per heavy atom. The molecular weight excluding hydrogens is 325 g/mol. The molecule has 0 aromatic carbocycles. The third-order valence-electron chi connectivity index (χ3n) is 3.19. The summed E-state index contributed by atoms with van der Waals surface area (Å²) in [5.41, 5.74) is 1.27. The first-order valence-corrected chi connectivity index (χ1v) is 7.26. The first-order valence-electron chi connectivity index (χ1n) is 6.39. The van der Waals surface area contributed by atoms with Crippen LogP contribution in [-0.4, -0.2) is 62.6 Å². The summed E-state index contributed by atoms with van der Waals surface area (Å²) >= 11 is 0.805. The van der Waals surface area contributed by atoms with Crippen LogP contribution in [0.25, 0.3) is 0 Å². The van der Waals surface area contributed by atoms with Gasteiger partial charge in [0.1, 0.15) is 17.6 Å². The van der Waals surface area contributed by atoms with Gasteiger partial charge in [-0.25, -0.2) is 0 Å². The number of hydrogen-bond donors (Lipinski definition) is 4. The van der Waals surface area contributed by atoms with Gasteiger partial charge in [0.2, 0.25) is 0 Å². The molecule has 0 aromatic heterocycles. The molecule has 1 saturated heterocycles. The lowest BCUT2D eigenvalue weighted by atomic mass is 9.88. The van der Waals surface area contributed by atoms with Crippen LogP contribution in [0.4, 0.5) is 13.2 Å². The molecule has 1 fully saturated rings. The molecule has 0 radical (unpaired) electrons. The molecule has 0 spiro atoms. The Labute approximate surface area is 129 Å². The van der Waals surface area contributed by atoms with Crippen molar-refractivity contribution < 1.29 is 33.2 Å². The number of rotatable bonds is 4. The number of aliphatic hydroxyl groups is 3. The van der Waals surface area contributed by atoms with E-state index >= 15 is 0 Å². The van der Waals surface area contributed by atoms with E-state index in [2.05, 4.69) is 11.6 Å². The Balaban J connectivity index is 2.89. The standard InChI is InChI=1S/C12H19F3N2O4S/c1-3-4-17-10(16)22-7-5-6(18)8(19)9(21-7)11(2,20)12(13,14)15/h3,6-9,18-20H,1,4-5H2,2H3,(H2,16,17). The summed E-state index contributed by atoms with van der Waals surface area (Å²) in [4.78, 5) is 3.85. The normalized spacial score (nSPS) is 33.3. The molecule has 6 nitrogen and oxygen atoms in total. The Morgan fingerprint density at radius 3 is 2.59 bits per heavy atom. The summed E-state index contributed by atoms with van der Waals surface area (Å²) in [5.74, 6) is 0. The molecule has 0 aromatic rings. The Bertz CT molecular complexity index is 431. The highest BCUT2D eigenvalue weighted by atomic mass is 32.2. The minimum atomic E-state index is -5.03. The molecule has 1 aliphatic rings. The van der Waals surface area contributed by atoms with Gasteiger partial charge in [-0.3, -0.25) is 4.99 Å². The lowest BCUT2D eigenvalue weighted by Crippen LogP contribution is -2.63. The number of hydrogen-bond acceptors (Lipinski definition) is 6. The molecule has 10 heteroatoms. The topological polar surface area (TPSA) is 108 Å². The molecule has 0 bridgehead atoms. The lowest BCUT2D eigenvalue weighted by Gasteiger charge is -2.43. The summed E-state index contributed by atoms with van der Waals surface area (Å²) < 4.78 is 43.8. The van der Waals surface area contributed by atoms with Gasteiger partial charge in [-0.2, -0.15) is 13.2 Å². The van der Waals surface area contributed by atoms with Crippen LogP contribution in [0.3, 0.4) is 0 Å². The second kappa shape index (κ2) is 7.18. The molecular formula is C12H19F3N2O4S. The highest BCUT2D eigenvalue weighted by Crippen LogP contribution is 2.40. The number of ether oxygens (including phenoxy) is 1. The third-order valence-corrected chi connectivity index (χ3v) is 4.13. The first kappa shape index (κ1) is 19.2. The van der Waals surface area contributed by atoms with Gasteiger partial charge in [0.05, 0.1) is 12.6 Å². The Hall–Kier alpha value is -0.810. The average molecular weight is 344 g/mol. The quantitative estimate of drug-likeness (QED) is 0.333. The van der Waals surface area contributed by atoms with Gasteiger partial charge < -0.3 is 25.8 Å². The number of alkyl halides is 3. The minimum absolute atomic E-state index is 0.0406. The highest BCUT2D eigenvalue weighted by molar-refractivity contribution is 8.14. The van der Waals surface area contributed by atoms with E-state index in [1.54, 1.807) is 0 Å². The van der Waals surface area contributed by atoms with Gasteiger partial charge in [-0.1, -0.05) is 17.8 Å². The van der Waals surface area contributed by atoms with Crippen LogP contribution in [0.1, 0.15) is 13.3 Å². The molecule has 1 heterocycles. The summed E-state index contributed by atoms with van der Waals surface area (Å²) in [6, 6.07) is 0. The van der Waals surface area contributed by atoms with Gasteiger partial charge in [-0.15, -0.1) is 6.58 Å². The molecule has 1 aliphatic heterocycles. The van der Waals surface area contributed by atoms with Crippen molar-refractivity contribution in [2.75, 3.05) is 6.54 Å². The van der Waals surface area contributed by atoms with Gasteiger partial charge in [-0.05, 0) is 6.92 Å². The van der Waals surface area contributed by atoms with E-state index in [-0.39, 0.29) is 18.1 Å². The van der Waals surface area contributed by atoms with Crippen LogP contribution in [0, 0.1) is 0 Å². The smallest absolute Gasteiger partial charge is 0.390 e. The van der Waals surface area contributed by atoms with Crippen LogP contribution in [0.15, 0.2) is 17.6 Å². The van der Waals surface area contributed by atoms with Crippen molar-refractivity contribution in [1.29, 1.82) is 0 Å². The Kier molecular flexibility index (Phi) is 6.27. The second-order valence-electron chi connectivity index (χ2n) is 5.01. The maximum absolute atomic E-state index is 12.9.